The standard InChI is InChI=1S/C8H9F3/c1-6-4-2-3-5-7(6)8(9,10)11/h3,5H,2,4H2,1H3. The first-order valence-corrected chi connectivity index (χ1v) is 3.45. The number of allylic oxidation sites excluding steroid dienone is 4. The third-order valence-corrected chi connectivity index (χ3v) is 1.74. The summed E-state index contributed by atoms with van der Waals surface area (Å²) in [6, 6.07) is 0. The van der Waals surface area contributed by atoms with E-state index in [-0.39, 0.29) is 0 Å². The van der Waals surface area contributed by atoms with Gasteiger partial charge in [-0.1, -0.05) is 17.7 Å². The highest BCUT2D eigenvalue weighted by Gasteiger charge is 2.33. The lowest BCUT2D eigenvalue weighted by atomic mass is 9.99. The van der Waals surface area contributed by atoms with Gasteiger partial charge in [0.05, 0.1) is 5.57 Å². The number of hydrogen-bond acceptors (Lipinski definition) is 0. The summed E-state index contributed by atoms with van der Waals surface area (Å²) in [4.78, 5) is 0. The van der Waals surface area contributed by atoms with Crippen LogP contribution in [-0.4, -0.2) is 6.18 Å². The Bertz CT molecular complexity index is 208. The van der Waals surface area contributed by atoms with Crippen molar-refractivity contribution in [3.63, 3.8) is 0 Å². The van der Waals surface area contributed by atoms with Crippen LogP contribution in [0.15, 0.2) is 23.3 Å². The lowest BCUT2D eigenvalue weighted by Gasteiger charge is -2.14. The molecule has 0 radical (unpaired) electrons. The third kappa shape index (κ3) is 1.85. The van der Waals surface area contributed by atoms with Gasteiger partial charge in [0.1, 0.15) is 0 Å². The van der Waals surface area contributed by atoms with Crippen molar-refractivity contribution in [3.8, 4) is 0 Å². The van der Waals surface area contributed by atoms with Gasteiger partial charge in [-0.3, -0.25) is 0 Å². The fraction of sp³-hybridized carbons (Fsp3) is 0.500. The van der Waals surface area contributed by atoms with Gasteiger partial charge in [-0.25, -0.2) is 0 Å². The van der Waals surface area contributed by atoms with E-state index >= 15 is 0 Å². The summed E-state index contributed by atoms with van der Waals surface area (Å²) in [6.45, 7) is 1.53. The molecular weight excluding hydrogens is 153 g/mol. The van der Waals surface area contributed by atoms with E-state index in [0.29, 0.717) is 12.0 Å². The first-order chi connectivity index (χ1) is 5.02. The molecule has 62 valence electrons. The van der Waals surface area contributed by atoms with Crippen molar-refractivity contribution in [1.82, 2.24) is 0 Å². The predicted molar refractivity (Wildman–Crippen MR) is 37.1 cm³/mol. The minimum atomic E-state index is -4.17. The minimum absolute atomic E-state index is 0.444. The number of halogens is 3. The highest BCUT2D eigenvalue weighted by atomic mass is 19.4. The zero-order chi connectivity index (χ0) is 8.48. The Morgan fingerprint density at radius 1 is 1.36 bits per heavy atom. The van der Waals surface area contributed by atoms with Gasteiger partial charge in [-0.05, 0) is 19.8 Å². The van der Waals surface area contributed by atoms with Gasteiger partial charge in [-0.2, -0.15) is 13.2 Å². The van der Waals surface area contributed by atoms with E-state index in [2.05, 4.69) is 0 Å². The summed E-state index contributed by atoms with van der Waals surface area (Å²) in [7, 11) is 0. The Kier molecular flexibility index (Phi) is 2.07. The Labute approximate surface area is 63.4 Å². The molecule has 0 unspecified atom stereocenters. The zero-order valence-electron chi connectivity index (χ0n) is 6.20. The van der Waals surface area contributed by atoms with Crippen molar-refractivity contribution in [3.05, 3.63) is 23.3 Å². The SMILES string of the molecule is CC1=C(C(F)(F)F)C=CCC1. The maximum Gasteiger partial charge on any atom is 0.416 e. The van der Waals surface area contributed by atoms with Gasteiger partial charge >= 0.3 is 6.18 Å². The quantitative estimate of drug-likeness (QED) is 0.513. The van der Waals surface area contributed by atoms with E-state index in [1.54, 1.807) is 6.08 Å². The molecule has 0 bridgehead atoms. The molecule has 0 aromatic carbocycles. The molecule has 3 heteroatoms. The average Bonchev–Trinajstić information content (AvgIpc) is 1.86. The molecule has 0 fully saturated rings. The molecule has 0 spiro atoms. The molecule has 0 aromatic heterocycles. The second kappa shape index (κ2) is 2.72. The van der Waals surface area contributed by atoms with Crippen LogP contribution in [0.5, 0.6) is 0 Å². The molecule has 0 heterocycles. The molecule has 11 heavy (non-hydrogen) atoms. The maximum atomic E-state index is 12.1. The molecule has 0 aliphatic heterocycles. The van der Waals surface area contributed by atoms with Crippen LogP contribution in [0.4, 0.5) is 13.2 Å². The molecule has 0 N–H and O–H groups in total. The van der Waals surface area contributed by atoms with Gasteiger partial charge in [0.2, 0.25) is 0 Å². The lowest BCUT2D eigenvalue weighted by Crippen LogP contribution is -2.13. The van der Waals surface area contributed by atoms with Crippen LogP contribution in [-0.2, 0) is 0 Å². The Morgan fingerprint density at radius 2 is 2.00 bits per heavy atom. The van der Waals surface area contributed by atoms with Crippen molar-refractivity contribution in [2.45, 2.75) is 25.9 Å². The molecule has 0 atom stereocenters. The summed E-state index contributed by atoms with van der Waals surface area (Å²) >= 11 is 0. The predicted octanol–water partition coefficient (Wildman–Crippen LogP) is 3.22. The second-order valence-electron chi connectivity index (χ2n) is 2.63. The summed E-state index contributed by atoms with van der Waals surface area (Å²) < 4.78 is 36.2. The number of rotatable bonds is 0. The van der Waals surface area contributed by atoms with E-state index in [1.165, 1.54) is 13.0 Å². The minimum Gasteiger partial charge on any atom is -0.166 e. The van der Waals surface area contributed by atoms with E-state index in [0.717, 1.165) is 6.42 Å². The first kappa shape index (κ1) is 8.37. The van der Waals surface area contributed by atoms with Crippen molar-refractivity contribution < 1.29 is 13.2 Å². The van der Waals surface area contributed by atoms with Crippen LogP contribution in [0, 0.1) is 0 Å². The summed E-state index contributed by atoms with van der Waals surface area (Å²) in [5.41, 5.74) is -0.0243. The molecule has 1 aliphatic carbocycles. The molecule has 0 saturated carbocycles. The number of hydrogen-bond donors (Lipinski definition) is 0. The van der Waals surface area contributed by atoms with Gasteiger partial charge < -0.3 is 0 Å². The Hall–Kier alpha value is -0.730. The van der Waals surface area contributed by atoms with Crippen molar-refractivity contribution in [2.75, 3.05) is 0 Å². The largest absolute Gasteiger partial charge is 0.416 e. The normalized spacial score (nSPS) is 19.3. The van der Waals surface area contributed by atoms with E-state index in [1.807, 2.05) is 0 Å². The van der Waals surface area contributed by atoms with Crippen LogP contribution in [0.25, 0.3) is 0 Å². The smallest absolute Gasteiger partial charge is 0.166 e. The van der Waals surface area contributed by atoms with Gasteiger partial charge in [0.15, 0.2) is 0 Å². The zero-order valence-corrected chi connectivity index (χ0v) is 6.20. The average molecular weight is 162 g/mol. The van der Waals surface area contributed by atoms with Gasteiger partial charge in [0, 0.05) is 0 Å². The van der Waals surface area contributed by atoms with E-state index in [9.17, 15) is 13.2 Å². The van der Waals surface area contributed by atoms with Crippen LogP contribution < -0.4 is 0 Å². The maximum absolute atomic E-state index is 12.1. The fourth-order valence-corrected chi connectivity index (χ4v) is 1.11. The molecule has 1 aliphatic rings. The van der Waals surface area contributed by atoms with Crippen molar-refractivity contribution in [2.24, 2.45) is 0 Å². The summed E-state index contributed by atoms with van der Waals surface area (Å²) in [6.07, 6.45) is -0.174. The number of alkyl halides is 3. The second-order valence-corrected chi connectivity index (χ2v) is 2.63. The first-order valence-electron chi connectivity index (χ1n) is 3.45. The molecule has 0 saturated heterocycles. The van der Waals surface area contributed by atoms with Crippen LogP contribution in [0.2, 0.25) is 0 Å². The molecule has 0 amide bonds. The van der Waals surface area contributed by atoms with Gasteiger partial charge in [0.25, 0.3) is 0 Å². The Balaban J connectivity index is 2.93. The highest BCUT2D eigenvalue weighted by molar-refractivity contribution is 5.32. The highest BCUT2D eigenvalue weighted by Crippen LogP contribution is 2.32. The third-order valence-electron chi connectivity index (χ3n) is 1.74. The topological polar surface area (TPSA) is 0 Å². The van der Waals surface area contributed by atoms with Crippen molar-refractivity contribution in [1.29, 1.82) is 0 Å². The lowest BCUT2D eigenvalue weighted by molar-refractivity contribution is -0.0893. The van der Waals surface area contributed by atoms with E-state index < -0.39 is 11.7 Å². The molecule has 0 nitrogen and oxygen atoms in total. The van der Waals surface area contributed by atoms with Crippen molar-refractivity contribution >= 4 is 0 Å². The Morgan fingerprint density at radius 3 is 2.36 bits per heavy atom. The van der Waals surface area contributed by atoms with Crippen LogP contribution in [0.1, 0.15) is 19.8 Å². The van der Waals surface area contributed by atoms with Crippen LogP contribution >= 0.6 is 0 Å². The van der Waals surface area contributed by atoms with Gasteiger partial charge in [-0.15, -0.1) is 0 Å². The summed E-state index contributed by atoms with van der Waals surface area (Å²) in [5, 5.41) is 0. The molecule has 0 aromatic rings. The summed E-state index contributed by atoms with van der Waals surface area (Å²) in [5.74, 6) is 0. The van der Waals surface area contributed by atoms with E-state index in [4.69, 9.17) is 0 Å². The van der Waals surface area contributed by atoms with Crippen LogP contribution in [0.3, 0.4) is 0 Å². The molecular formula is C8H9F3. The fourth-order valence-electron chi connectivity index (χ4n) is 1.11. The molecule has 1 rings (SSSR count). The monoisotopic (exact) mass is 162 g/mol.